The molecule has 11 heteroatoms. The second-order valence-corrected chi connectivity index (χ2v) is 10.7. The van der Waals surface area contributed by atoms with Gasteiger partial charge in [-0.3, -0.25) is 4.79 Å². The van der Waals surface area contributed by atoms with E-state index >= 15 is 0 Å². The molecule has 37 heavy (non-hydrogen) atoms. The summed E-state index contributed by atoms with van der Waals surface area (Å²) in [5.74, 6) is 0.158. The summed E-state index contributed by atoms with van der Waals surface area (Å²) < 4.78 is 25.6. The summed E-state index contributed by atoms with van der Waals surface area (Å²) in [7, 11) is -3.19. The molecule has 0 unspecified atom stereocenters. The third kappa shape index (κ3) is 7.03. The van der Waals surface area contributed by atoms with Crippen LogP contribution in [0, 0.1) is 18.3 Å². The second kappa shape index (κ2) is 11.4. The molecular formula is C26H29N7O3S. The smallest absolute Gasteiger partial charge is 0.252 e. The molecule has 10 nitrogen and oxygen atoms in total. The number of aromatic nitrogens is 2. The number of carbonyl (C=O) groups excluding carboxylic acids is 1. The normalized spacial score (nSPS) is 14.1. The van der Waals surface area contributed by atoms with Crippen LogP contribution in [0.1, 0.15) is 28.8 Å². The van der Waals surface area contributed by atoms with Crippen molar-refractivity contribution >= 4 is 33.3 Å². The molecule has 192 valence electrons. The number of benzene rings is 2. The molecule has 0 atom stereocenters. The molecule has 1 aliphatic rings. The van der Waals surface area contributed by atoms with Gasteiger partial charge >= 0.3 is 0 Å². The van der Waals surface area contributed by atoms with E-state index in [1.165, 1.54) is 6.26 Å². The number of carbonyl (C=O) groups is 1. The average Bonchev–Trinajstić information content (AvgIpc) is 2.88. The van der Waals surface area contributed by atoms with E-state index in [1.54, 1.807) is 18.3 Å². The number of hydrogen-bond donors (Lipinski definition) is 3. The van der Waals surface area contributed by atoms with E-state index in [1.807, 2.05) is 49.4 Å². The summed E-state index contributed by atoms with van der Waals surface area (Å²) in [6.45, 7) is 3.45. The summed E-state index contributed by atoms with van der Waals surface area (Å²) in [6.07, 6.45) is 4.47. The molecule has 1 aromatic heterocycles. The van der Waals surface area contributed by atoms with Crippen LogP contribution in [-0.4, -0.2) is 56.2 Å². The predicted molar refractivity (Wildman–Crippen MR) is 143 cm³/mol. The Kier molecular flexibility index (Phi) is 8.01. The molecular weight excluding hydrogens is 490 g/mol. The largest absolute Gasteiger partial charge is 0.371 e. The molecule has 1 amide bonds. The predicted octanol–water partition coefficient (Wildman–Crippen LogP) is 2.97. The first-order valence-electron chi connectivity index (χ1n) is 11.9. The standard InChI is InChI=1S/C26H29N7O3S/c1-18-17-29-26(31-24(18)19-3-5-20(6-4-19)25(34)28-14-13-27)30-21-7-9-23(10-8-21)33-15-11-22(12-16-33)32-37(2,35)36/h3-10,17,22,32H,11-12,14-16H2,1-2H3,(H,28,34)(H,29,30,31). The SMILES string of the molecule is Cc1cnc(Nc2ccc(N3CCC(NS(C)(=O)=O)CC3)cc2)nc1-c1ccc(C(=O)NCC#N)cc1. The van der Waals surface area contributed by atoms with Crippen molar-refractivity contribution in [3.8, 4) is 17.3 Å². The summed E-state index contributed by atoms with van der Waals surface area (Å²) in [4.78, 5) is 23.4. The van der Waals surface area contributed by atoms with E-state index in [0.29, 0.717) is 11.5 Å². The van der Waals surface area contributed by atoms with Crippen LogP contribution in [0.5, 0.6) is 0 Å². The van der Waals surface area contributed by atoms with Crippen LogP contribution < -0.4 is 20.3 Å². The first-order valence-corrected chi connectivity index (χ1v) is 13.8. The highest BCUT2D eigenvalue weighted by Crippen LogP contribution is 2.26. The third-order valence-electron chi connectivity index (χ3n) is 6.08. The van der Waals surface area contributed by atoms with Crippen molar-refractivity contribution in [2.75, 3.05) is 36.1 Å². The molecule has 0 aliphatic carbocycles. The Morgan fingerprint density at radius 1 is 1.11 bits per heavy atom. The van der Waals surface area contributed by atoms with Crippen molar-refractivity contribution in [2.24, 2.45) is 0 Å². The highest BCUT2D eigenvalue weighted by Gasteiger charge is 2.21. The van der Waals surface area contributed by atoms with Gasteiger partial charge in [0.2, 0.25) is 16.0 Å². The number of nitriles is 1. The van der Waals surface area contributed by atoms with Crippen molar-refractivity contribution in [1.29, 1.82) is 5.26 Å². The van der Waals surface area contributed by atoms with Gasteiger partial charge in [0.25, 0.3) is 5.91 Å². The van der Waals surface area contributed by atoms with Crippen molar-refractivity contribution in [3.05, 3.63) is 65.9 Å². The molecule has 1 fully saturated rings. The molecule has 2 aromatic carbocycles. The van der Waals surface area contributed by atoms with Crippen LogP contribution in [0.3, 0.4) is 0 Å². The zero-order valence-corrected chi connectivity index (χ0v) is 21.5. The monoisotopic (exact) mass is 519 g/mol. The minimum atomic E-state index is -3.19. The van der Waals surface area contributed by atoms with E-state index in [4.69, 9.17) is 5.26 Å². The molecule has 3 aromatic rings. The molecule has 1 saturated heterocycles. The lowest BCUT2D eigenvalue weighted by molar-refractivity contribution is 0.0958. The van der Waals surface area contributed by atoms with Gasteiger partial charge in [0.15, 0.2) is 0 Å². The van der Waals surface area contributed by atoms with Crippen molar-refractivity contribution in [3.63, 3.8) is 0 Å². The van der Waals surface area contributed by atoms with E-state index in [-0.39, 0.29) is 18.5 Å². The van der Waals surface area contributed by atoms with E-state index in [0.717, 1.165) is 54.1 Å². The first-order chi connectivity index (χ1) is 17.7. The van der Waals surface area contributed by atoms with Gasteiger partial charge in [-0.25, -0.2) is 23.1 Å². The quantitative estimate of drug-likeness (QED) is 0.386. The van der Waals surface area contributed by atoms with Gasteiger partial charge in [-0.1, -0.05) is 12.1 Å². The van der Waals surface area contributed by atoms with Gasteiger partial charge in [-0.2, -0.15) is 5.26 Å². The average molecular weight is 520 g/mol. The molecule has 0 radical (unpaired) electrons. The zero-order chi connectivity index (χ0) is 26.4. The number of anilines is 3. The number of rotatable bonds is 8. The topological polar surface area (TPSA) is 140 Å². The Morgan fingerprint density at radius 2 is 1.78 bits per heavy atom. The highest BCUT2D eigenvalue weighted by molar-refractivity contribution is 7.88. The van der Waals surface area contributed by atoms with Gasteiger partial charge in [-0.15, -0.1) is 0 Å². The Hall–Kier alpha value is -4.01. The van der Waals surface area contributed by atoms with E-state index in [9.17, 15) is 13.2 Å². The zero-order valence-electron chi connectivity index (χ0n) is 20.7. The summed E-state index contributed by atoms with van der Waals surface area (Å²) in [5.41, 5.74) is 4.90. The van der Waals surface area contributed by atoms with Crippen LogP contribution in [0.15, 0.2) is 54.7 Å². The van der Waals surface area contributed by atoms with Gasteiger partial charge < -0.3 is 15.5 Å². The number of nitrogens with zero attached hydrogens (tertiary/aromatic N) is 4. The fourth-order valence-electron chi connectivity index (χ4n) is 4.24. The minimum Gasteiger partial charge on any atom is -0.371 e. The molecule has 0 spiro atoms. The van der Waals surface area contributed by atoms with Crippen LogP contribution >= 0.6 is 0 Å². The number of hydrogen-bond acceptors (Lipinski definition) is 8. The van der Waals surface area contributed by atoms with E-state index in [2.05, 4.69) is 30.2 Å². The lowest BCUT2D eigenvalue weighted by atomic mass is 10.1. The van der Waals surface area contributed by atoms with Gasteiger partial charge in [0, 0.05) is 47.8 Å². The Bertz CT molecular complexity index is 1390. The molecule has 1 aliphatic heterocycles. The molecule has 2 heterocycles. The fourth-order valence-corrected chi connectivity index (χ4v) is 5.08. The second-order valence-electron chi connectivity index (χ2n) is 8.97. The van der Waals surface area contributed by atoms with Gasteiger partial charge in [-0.05, 0) is 61.7 Å². The summed E-state index contributed by atoms with van der Waals surface area (Å²) in [6, 6.07) is 16.9. The minimum absolute atomic E-state index is 0.0167. The molecule has 4 rings (SSSR count). The number of nitrogens with one attached hydrogen (secondary N) is 3. The number of aryl methyl sites for hydroxylation is 1. The maximum Gasteiger partial charge on any atom is 0.252 e. The molecule has 3 N–H and O–H groups in total. The van der Waals surface area contributed by atoms with Crippen LogP contribution in [0.2, 0.25) is 0 Å². The van der Waals surface area contributed by atoms with Crippen LogP contribution in [0.4, 0.5) is 17.3 Å². The van der Waals surface area contributed by atoms with Crippen LogP contribution in [0.25, 0.3) is 11.3 Å². The van der Waals surface area contributed by atoms with Crippen molar-refractivity contribution in [1.82, 2.24) is 20.0 Å². The fraction of sp³-hybridized carbons (Fsp3) is 0.308. The van der Waals surface area contributed by atoms with E-state index < -0.39 is 10.0 Å². The third-order valence-corrected chi connectivity index (χ3v) is 6.85. The Balaban J connectivity index is 1.40. The van der Waals surface area contributed by atoms with Crippen LogP contribution in [-0.2, 0) is 10.0 Å². The van der Waals surface area contributed by atoms with Gasteiger partial charge in [0.1, 0.15) is 6.54 Å². The summed E-state index contributed by atoms with van der Waals surface area (Å²) >= 11 is 0. The van der Waals surface area contributed by atoms with Crippen molar-refractivity contribution in [2.45, 2.75) is 25.8 Å². The Morgan fingerprint density at radius 3 is 2.41 bits per heavy atom. The number of amides is 1. The number of piperidine rings is 1. The van der Waals surface area contributed by atoms with Gasteiger partial charge in [0.05, 0.1) is 18.0 Å². The highest BCUT2D eigenvalue weighted by atomic mass is 32.2. The first kappa shape index (κ1) is 26.1. The summed E-state index contributed by atoms with van der Waals surface area (Å²) in [5, 5.41) is 14.4. The number of sulfonamides is 1. The molecule has 0 bridgehead atoms. The Labute approximate surface area is 216 Å². The lowest BCUT2D eigenvalue weighted by Gasteiger charge is -2.33. The van der Waals surface area contributed by atoms with Crippen molar-refractivity contribution < 1.29 is 13.2 Å². The molecule has 0 saturated carbocycles. The lowest BCUT2D eigenvalue weighted by Crippen LogP contribution is -2.44. The maximum absolute atomic E-state index is 12.0. The maximum atomic E-state index is 12.0.